The van der Waals surface area contributed by atoms with E-state index in [0.29, 0.717) is 34.3 Å². The van der Waals surface area contributed by atoms with Gasteiger partial charge in [-0.1, -0.05) is 79.5 Å². The number of carbonyl (C=O) groups excluding carboxylic acids is 2. The van der Waals surface area contributed by atoms with E-state index in [1.165, 1.54) is 0 Å². The maximum absolute atomic E-state index is 13.7. The minimum atomic E-state index is -0.760. The van der Waals surface area contributed by atoms with E-state index in [4.69, 9.17) is 27.9 Å². The summed E-state index contributed by atoms with van der Waals surface area (Å²) in [5, 5.41) is 3.94. The van der Waals surface area contributed by atoms with Crippen LogP contribution in [0.5, 0.6) is 5.75 Å². The third-order valence-corrected chi connectivity index (χ3v) is 6.74. The summed E-state index contributed by atoms with van der Waals surface area (Å²) in [4.78, 5) is 28.7. The van der Waals surface area contributed by atoms with Crippen molar-refractivity contribution in [1.82, 2.24) is 10.2 Å². The maximum atomic E-state index is 13.7. The lowest BCUT2D eigenvalue weighted by Gasteiger charge is -2.32. The molecule has 1 N–H and O–H groups in total. The maximum Gasteiger partial charge on any atom is 0.261 e. The number of amides is 2. The van der Waals surface area contributed by atoms with Crippen molar-refractivity contribution < 1.29 is 14.3 Å². The number of ether oxygens (including phenoxy) is 1. The number of rotatable bonds is 11. The van der Waals surface area contributed by atoms with Gasteiger partial charge in [0.1, 0.15) is 11.8 Å². The minimum absolute atomic E-state index is 0.137. The zero-order valence-corrected chi connectivity index (χ0v) is 23.3. The van der Waals surface area contributed by atoms with Gasteiger partial charge in [-0.25, -0.2) is 0 Å². The third-order valence-electron chi connectivity index (χ3n) is 6.15. The Bertz CT molecular complexity index is 1210. The van der Waals surface area contributed by atoms with Gasteiger partial charge >= 0.3 is 0 Å². The van der Waals surface area contributed by atoms with Crippen molar-refractivity contribution in [2.24, 2.45) is 5.92 Å². The summed E-state index contributed by atoms with van der Waals surface area (Å²) >= 11 is 12.6. The lowest BCUT2D eigenvalue weighted by atomic mass is 10.0. The molecule has 196 valence electrons. The molecular weight excluding hydrogens is 507 g/mol. The molecule has 0 radical (unpaired) electrons. The molecule has 5 nitrogen and oxygen atoms in total. The van der Waals surface area contributed by atoms with E-state index >= 15 is 0 Å². The average Bonchev–Trinajstić information content (AvgIpc) is 2.87. The third kappa shape index (κ3) is 8.51. The molecule has 3 aromatic carbocycles. The van der Waals surface area contributed by atoms with Gasteiger partial charge in [0.25, 0.3) is 5.91 Å². The largest absolute Gasteiger partial charge is 0.484 e. The molecule has 0 aliphatic carbocycles. The number of nitrogens with zero attached hydrogens (tertiary/aromatic N) is 1. The molecule has 0 saturated heterocycles. The summed E-state index contributed by atoms with van der Waals surface area (Å²) in [5.41, 5.74) is 3.86. The van der Waals surface area contributed by atoms with Crippen molar-refractivity contribution in [2.75, 3.05) is 13.2 Å². The van der Waals surface area contributed by atoms with Gasteiger partial charge < -0.3 is 15.0 Å². The van der Waals surface area contributed by atoms with E-state index in [9.17, 15) is 9.59 Å². The number of hydrogen-bond donors (Lipinski definition) is 1. The number of benzene rings is 3. The van der Waals surface area contributed by atoms with Gasteiger partial charge in [-0.3, -0.25) is 9.59 Å². The molecule has 3 rings (SSSR count). The lowest BCUT2D eigenvalue weighted by Crippen LogP contribution is -2.52. The molecule has 0 fully saturated rings. The van der Waals surface area contributed by atoms with Crippen molar-refractivity contribution in [3.8, 4) is 5.75 Å². The average molecular weight is 542 g/mol. The normalized spacial score (nSPS) is 11.8. The zero-order valence-electron chi connectivity index (χ0n) is 21.8. The Morgan fingerprint density at radius 1 is 0.946 bits per heavy atom. The van der Waals surface area contributed by atoms with Gasteiger partial charge in [-0.15, -0.1) is 0 Å². The number of hydrogen-bond acceptors (Lipinski definition) is 3. The fourth-order valence-electron chi connectivity index (χ4n) is 3.84. The topological polar surface area (TPSA) is 58.6 Å². The Morgan fingerprint density at radius 3 is 2.32 bits per heavy atom. The van der Waals surface area contributed by atoms with Crippen LogP contribution in [0, 0.1) is 19.8 Å². The second-order valence-corrected chi connectivity index (χ2v) is 10.5. The number of nitrogens with one attached hydrogen (secondary N) is 1. The van der Waals surface area contributed by atoms with E-state index < -0.39 is 6.04 Å². The first-order valence-corrected chi connectivity index (χ1v) is 13.1. The Morgan fingerprint density at radius 2 is 1.68 bits per heavy atom. The van der Waals surface area contributed by atoms with Gasteiger partial charge in [-0.2, -0.15) is 0 Å². The first-order valence-electron chi connectivity index (χ1n) is 12.4. The van der Waals surface area contributed by atoms with Gasteiger partial charge in [0.2, 0.25) is 5.91 Å². The molecule has 37 heavy (non-hydrogen) atoms. The van der Waals surface area contributed by atoms with Crippen LogP contribution in [0.1, 0.15) is 36.1 Å². The number of carbonyl (C=O) groups is 2. The molecule has 0 aromatic heterocycles. The molecule has 0 heterocycles. The van der Waals surface area contributed by atoms with E-state index in [0.717, 1.165) is 16.7 Å². The molecule has 3 aromatic rings. The molecular formula is C30H34Cl2N2O3. The predicted octanol–water partition coefficient (Wildman–Crippen LogP) is 6.40. The van der Waals surface area contributed by atoms with Crippen molar-refractivity contribution >= 4 is 35.0 Å². The summed E-state index contributed by atoms with van der Waals surface area (Å²) in [6, 6.07) is 19.7. The molecule has 7 heteroatoms. The van der Waals surface area contributed by atoms with Crippen LogP contribution in [-0.2, 0) is 22.6 Å². The molecule has 0 unspecified atom stereocenters. The van der Waals surface area contributed by atoms with Crippen LogP contribution >= 0.6 is 23.2 Å². The Kier molecular flexibility index (Phi) is 10.4. The van der Waals surface area contributed by atoms with E-state index in [2.05, 4.69) is 5.32 Å². The van der Waals surface area contributed by atoms with E-state index in [-0.39, 0.29) is 30.9 Å². The molecule has 0 aliphatic rings. The standard InChI is InChI=1S/C30H34Cl2N2O3/c1-20(2)17-33-30(36)28(15-23-8-6-5-7-9-23)34(18-24-11-12-25(31)16-27(24)32)29(35)19-37-26-13-10-21(3)22(4)14-26/h5-14,16,20,28H,15,17-19H2,1-4H3,(H,33,36)/t28-/m0/s1. The summed E-state index contributed by atoms with van der Waals surface area (Å²) < 4.78 is 5.87. The van der Waals surface area contributed by atoms with Crippen molar-refractivity contribution in [2.45, 2.75) is 46.7 Å². The monoisotopic (exact) mass is 540 g/mol. The van der Waals surface area contributed by atoms with Gasteiger partial charge in [-0.05, 0) is 66.3 Å². The van der Waals surface area contributed by atoms with Crippen molar-refractivity contribution in [3.63, 3.8) is 0 Å². The van der Waals surface area contributed by atoms with Crippen LogP contribution in [0.2, 0.25) is 10.0 Å². The van der Waals surface area contributed by atoms with Crippen molar-refractivity contribution in [3.05, 3.63) is 99.0 Å². The number of halogens is 2. The smallest absolute Gasteiger partial charge is 0.261 e. The highest BCUT2D eigenvalue weighted by Crippen LogP contribution is 2.24. The van der Waals surface area contributed by atoms with E-state index in [1.807, 2.05) is 76.2 Å². The molecule has 0 saturated carbocycles. The fourth-order valence-corrected chi connectivity index (χ4v) is 4.31. The first-order chi connectivity index (χ1) is 17.6. The molecule has 0 aliphatic heterocycles. The molecule has 2 amide bonds. The van der Waals surface area contributed by atoms with Crippen LogP contribution in [0.15, 0.2) is 66.7 Å². The summed E-state index contributed by atoms with van der Waals surface area (Å²) in [5.74, 6) is 0.334. The van der Waals surface area contributed by atoms with E-state index in [1.54, 1.807) is 23.1 Å². The summed E-state index contributed by atoms with van der Waals surface area (Å²) in [6.45, 7) is 8.50. The minimum Gasteiger partial charge on any atom is -0.484 e. The van der Waals surface area contributed by atoms with Gasteiger partial charge in [0, 0.05) is 29.6 Å². The Labute approximate surface area is 229 Å². The summed E-state index contributed by atoms with van der Waals surface area (Å²) in [6.07, 6.45) is 0.353. The SMILES string of the molecule is Cc1ccc(OCC(=O)N(Cc2ccc(Cl)cc2Cl)[C@@H](Cc2ccccc2)C(=O)NCC(C)C)cc1C. The Balaban J connectivity index is 1.93. The van der Waals surface area contributed by atoms with Crippen LogP contribution in [0.4, 0.5) is 0 Å². The molecule has 0 spiro atoms. The highest BCUT2D eigenvalue weighted by molar-refractivity contribution is 6.35. The molecule has 0 bridgehead atoms. The highest BCUT2D eigenvalue weighted by Gasteiger charge is 2.31. The van der Waals surface area contributed by atoms with Crippen LogP contribution in [-0.4, -0.2) is 35.9 Å². The quantitative estimate of drug-likeness (QED) is 0.306. The lowest BCUT2D eigenvalue weighted by molar-refractivity contribution is -0.142. The van der Waals surface area contributed by atoms with Crippen LogP contribution in [0.25, 0.3) is 0 Å². The highest BCUT2D eigenvalue weighted by atomic mass is 35.5. The summed E-state index contributed by atoms with van der Waals surface area (Å²) in [7, 11) is 0. The molecule has 1 atom stereocenters. The van der Waals surface area contributed by atoms with Crippen LogP contribution in [0.3, 0.4) is 0 Å². The zero-order chi connectivity index (χ0) is 26.9. The second kappa shape index (κ2) is 13.5. The van der Waals surface area contributed by atoms with Gasteiger partial charge in [0.05, 0.1) is 0 Å². The fraction of sp³-hybridized carbons (Fsp3) is 0.333. The Hall–Kier alpha value is -3.02. The second-order valence-electron chi connectivity index (χ2n) is 9.64. The van der Waals surface area contributed by atoms with Gasteiger partial charge in [0.15, 0.2) is 6.61 Å². The van der Waals surface area contributed by atoms with Crippen LogP contribution < -0.4 is 10.1 Å². The predicted molar refractivity (Wildman–Crippen MR) is 150 cm³/mol. The number of aryl methyl sites for hydroxylation is 2. The van der Waals surface area contributed by atoms with Crippen molar-refractivity contribution in [1.29, 1.82) is 0 Å². The first kappa shape index (κ1) is 28.5.